The molecular formula is C16H18N2O6S. The first-order chi connectivity index (χ1) is 11.8. The maximum Gasteiger partial charge on any atom is 0.349 e. The normalized spacial score (nSPS) is 16.2. The van der Waals surface area contributed by atoms with Crippen molar-refractivity contribution in [3.8, 4) is 5.75 Å². The van der Waals surface area contributed by atoms with Gasteiger partial charge < -0.3 is 14.1 Å². The van der Waals surface area contributed by atoms with E-state index in [-0.39, 0.29) is 37.3 Å². The monoisotopic (exact) mass is 366 g/mol. The number of nitrogens with zero attached hydrogens (tertiary/aromatic N) is 2. The summed E-state index contributed by atoms with van der Waals surface area (Å²) in [5.41, 5.74) is -0.533. The highest BCUT2D eigenvalue weighted by Crippen LogP contribution is 2.24. The van der Waals surface area contributed by atoms with Crippen molar-refractivity contribution in [1.82, 2.24) is 9.21 Å². The molecule has 2 aromatic rings. The van der Waals surface area contributed by atoms with Gasteiger partial charge in [0.2, 0.25) is 10.0 Å². The molecule has 2 heterocycles. The fraction of sp³-hybridized carbons (Fsp3) is 0.375. The quantitative estimate of drug-likeness (QED) is 0.735. The van der Waals surface area contributed by atoms with Crippen molar-refractivity contribution in [2.24, 2.45) is 0 Å². The van der Waals surface area contributed by atoms with Crippen LogP contribution < -0.4 is 10.4 Å². The highest BCUT2D eigenvalue weighted by Gasteiger charge is 2.28. The largest absolute Gasteiger partial charge is 0.493 e. The number of carbonyl (C=O) groups is 1. The van der Waals surface area contributed by atoms with Gasteiger partial charge in [0, 0.05) is 31.6 Å². The molecule has 134 valence electrons. The third-order valence-corrected chi connectivity index (χ3v) is 5.47. The Balaban J connectivity index is 1.88. The number of piperazine rings is 1. The molecule has 25 heavy (non-hydrogen) atoms. The lowest BCUT2D eigenvalue weighted by Crippen LogP contribution is -2.50. The Morgan fingerprint density at radius 2 is 1.88 bits per heavy atom. The Kier molecular flexibility index (Phi) is 4.53. The molecule has 1 saturated heterocycles. The van der Waals surface area contributed by atoms with Gasteiger partial charge in [0.15, 0.2) is 11.3 Å². The number of fused-ring (bicyclic) bond motifs is 1. The second-order valence-electron chi connectivity index (χ2n) is 5.78. The third kappa shape index (κ3) is 3.38. The van der Waals surface area contributed by atoms with Crippen LogP contribution in [0.2, 0.25) is 0 Å². The summed E-state index contributed by atoms with van der Waals surface area (Å²) in [5.74, 6) is -0.0537. The molecule has 0 saturated carbocycles. The average molecular weight is 366 g/mol. The highest BCUT2D eigenvalue weighted by atomic mass is 32.2. The molecule has 1 aliphatic rings. The molecule has 0 radical (unpaired) electrons. The Hall–Kier alpha value is -2.39. The van der Waals surface area contributed by atoms with Crippen molar-refractivity contribution in [1.29, 1.82) is 0 Å². The van der Waals surface area contributed by atoms with Crippen molar-refractivity contribution in [3.05, 3.63) is 40.2 Å². The smallest absolute Gasteiger partial charge is 0.349 e. The predicted molar refractivity (Wildman–Crippen MR) is 91.4 cm³/mol. The number of carbonyl (C=O) groups excluding carboxylic acids is 1. The summed E-state index contributed by atoms with van der Waals surface area (Å²) in [6.45, 7) is 0.859. The van der Waals surface area contributed by atoms with Crippen LogP contribution in [0.5, 0.6) is 5.75 Å². The van der Waals surface area contributed by atoms with Crippen LogP contribution in [0.3, 0.4) is 0 Å². The van der Waals surface area contributed by atoms with Crippen LogP contribution in [-0.2, 0) is 10.0 Å². The molecule has 3 rings (SSSR count). The molecule has 8 nitrogen and oxygen atoms in total. The summed E-state index contributed by atoms with van der Waals surface area (Å²) in [4.78, 5) is 26.3. The van der Waals surface area contributed by atoms with E-state index in [0.29, 0.717) is 11.1 Å². The number of rotatable bonds is 3. The number of hydrogen-bond acceptors (Lipinski definition) is 6. The zero-order valence-electron chi connectivity index (χ0n) is 13.9. The lowest BCUT2D eigenvalue weighted by Gasteiger charge is -2.33. The Morgan fingerprint density at radius 1 is 1.20 bits per heavy atom. The predicted octanol–water partition coefficient (Wildman–Crippen LogP) is 0.519. The van der Waals surface area contributed by atoms with E-state index >= 15 is 0 Å². The van der Waals surface area contributed by atoms with Gasteiger partial charge in [-0.2, -0.15) is 4.31 Å². The van der Waals surface area contributed by atoms with Crippen LogP contribution in [-0.4, -0.2) is 63.1 Å². The van der Waals surface area contributed by atoms with Gasteiger partial charge in [-0.05, 0) is 12.1 Å². The number of hydrogen-bond donors (Lipinski definition) is 0. The highest BCUT2D eigenvalue weighted by molar-refractivity contribution is 7.88. The Morgan fingerprint density at radius 3 is 2.48 bits per heavy atom. The number of benzene rings is 1. The van der Waals surface area contributed by atoms with Crippen LogP contribution in [0.1, 0.15) is 10.4 Å². The summed E-state index contributed by atoms with van der Waals surface area (Å²) in [6, 6.07) is 6.60. The molecular weight excluding hydrogens is 348 g/mol. The lowest BCUT2D eigenvalue weighted by atomic mass is 10.1. The van der Waals surface area contributed by atoms with Crippen molar-refractivity contribution >= 4 is 26.9 Å². The van der Waals surface area contributed by atoms with E-state index in [0.717, 1.165) is 6.26 Å². The van der Waals surface area contributed by atoms with E-state index in [1.807, 2.05) is 0 Å². The maximum absolute atomic E-state index is 12.6. The van der Waals surface area contributed by atoms with E-state index in [9.17, 15) is 18.0 Å². The molecule has 0 unspecified atom stereocenters. The van der Waals surface area contributed by atoms with Crippen LogP contribution in [0, 0.1) is 0 Å². The summed E-state index contributed by atoms with van der Waals surface area (Å²) in [6.07, 6.45) is 1.13. The lowest BCUT2D eigenvalue weighted by molar-refractivity contribution is 0.0694. The summed E-state index contributed by atoms with van der Waals surface area (Å²) in [7, 11) is -1.82. The van der Waals surface area contributed by atoms with Crippen LogP contribution in [0.15, 0.2) is 33.5 Å². The number of methoxy groups -OCH3 is 1. The number of sulfonamides is 1. The fourth-order valence-corrected chi connectivity index (χ4v) is 3.65. The molecule has 9 heteroatoms. The Bertz CT molecular complexity index is 974. The second kappa shape index (κ2) is 6.49. The summed E-state index contributed by atoms with van der Waals surface area (Å²) in [5, 5.41) is 0.581. The van der Waals surface area contributed by atoms with E-state index in [2.05, 4.69) is 0 Å². The minimum absolute atomic E-state index is 0.0754. The van der Waals surface area contributed by atoms with Gasteiger partial charge in [-0.15, -0.1) is 0 Å². The second-order valence-corrected chi connectivity index (χ2v) is 7.76. The minimum Gasteiger partial charge on any atom is -0.493 e. The Labute approximate surface area is 144 Å². The molecule has 1 aromatic heterocycles. The molecule has 1 amide bonds. The molecule has 0 aliphatic carbocycles. The van der Waals surface area contributed by atoms with E-state index < -0.39 is 21.6 Å². The molecule has 1 aliphatic heterocycles. The molecule has 1 fully saturated rings. The number of para-hydroxylation sites is 1. The first-order valence-corrected chi connectivity index (χ1v) is 9.51. The molecule has 0 bridgehead atoms. The van der Waals surface area contributed by atoms with Crippen molar-refractivity contribution in [3.63, 3.8) is 0 Å². The van der Waals surface area contributed by atoms with Gasteiger partial charge in [0.25, 0.3) is 5.91 Å². The van der Waals surface area contributed by atoms with Crippen LogP contribution in [0.4, 0.5) is 0 Å². The molecule has 0 atom stereocenters. The fourth-order valence-electron chi connectivity index (χ4n) is 2.82. The van der Waals surface area contributed by atoms with Gasteiger partial charge in [0.1, 0.15) is 5.56 Å². The number of amides is 1. The SMILES string of the molecule is COc1cccc2cc(C(=O)N3CCN(S(C)(=O)=O)CC3)c(=O)oc12. The molecule has 0 spiro atoms. The van der Waals surface area contributed by atoms with Gasteiger partial charge in [0.05, 0.1) is 13.4 Å². The van der Waals surface area contributed by atoms with Crippen molar-refractivity contribution < 1.29 is 22.4 Å². The number of ether oxygens (including phenoxy) is 1. The van der Waals surface area contributed by atoms with Crippen LogP contribution in [0.25, 0.3) is 11.0 Å². The van der Waals surface area contributed by atoms with E-state index in [1.54, 1.807) is 18.2 Å². The first kappa shape index (κ1) is 17.4. The van der Waals surface area contributed by atoms with Crippen LogP contribution >= 0.6 is 0 Å². The van der Waals surface area contributed by atoms with Gasteiger partial charge >= 0.3 is 5.63 Å². The van der Waals surface area contributed by atoms with Crippen molar-refractivity contribution in [2.75, 3.05) is 39.5 Å². The van der Waals surface area contributed by atoms with E-state index in [4.69, 9.17) is 9.15 Å². The van der Waals surface area contributed by atoms with E-state index in [1.165, 1.54) is 22.4 Å². The maximum atomic E-state index is 12.6. The zero-order valence-corrected chi connectivity index (χ0v) is 14.7. The van der Waals surface area contributed by atoms with Gasteiger partial charge in [-0.1, -0.05) is 12.1 Å². The average Bonchev–Trinajstić information content (AvgIpc) is 2.59. The van der Waals surface area contributed by atoms with Crippen molar-refractivity contribution in [2.45, 2.75) is 0 Å². The molecule has 0 N–H and O–H groups in total. The standard InChI is InChI=1S/C16H18N2O6S/c1-23-13-5-3-4-11-10-12(16(20)24-14(11)13)15(19)17-6-8-18(9-7-17)25(2,21)22/h3-5,10H,6-9H2,1-2H3. The first-order valence-electron chi connectivity index (χ1n) is 7.66. The topological polar surface area (TPSA) is 97.1 Å². The summed E-state index contributed by atoms with van der Waals surface area (Å²) < 4.78 is 34.8. The zero-order chi connectivity index (χ0) is 18.2. The van der Waals surface area contributed by atoms with Gasteiger partial charge in [-0.3, -0.25) is 4.79 Å². The summed E-state index contributed by atoms with van der Waals surface area (Å²) >= 11 is 0. The minimum atomic E-state index is -3.28. The van der Waals surface area contributed by atoms with Gasteiger partial charge in [-0.25, -0.2) is 13.2 Å². The third-order valence-electron chi connectivity index (χ3n) is 4.17. The molecule has 1 aromatic carbocycles.